The summed E-state index contributed by atoms with van der Waals surface area (Å²) in [6, 6.07) is 27.8. The summed E-state index contributed by atoms with van der Waals surface area (Å²) in [6.07, 6.45) is 0.906. The maximum Gasteiger partial charge on any atom is 0.407 e. The maximum absolute atomic E-state index is 14.4. The van der Waals surface area contributed by atoms with E-state index in [1.54, 1.807) is 12.0 Å². The molecular weight excluding hydrogens is 865 g/mol. The zero-order valence-electron chi connectivity index (χ0n) is 38.6. The van der Waals surface area contributed by atoms with Crippen molar-refractivity contribution in [3.05, 3.63) is 114 Å². The lowest BCUT2D eigenvalue weighted by atomic mass is 9.91. The quantitative estimate of drug-likeness (QED) is 0.0978. The van der Waals surface area contributed by atoms with Crippen molar-refractivity contribution < 1.29 is 38.1 Å². The molecule has 2 fully saturated rings. The Morgan fingerprint density at radius 1 is 0.779 bits per heavy atom. The number of carbonyl (C=O) groups is 4. The molecule has 0 aliphatic carbocycles. The molecule has 3 aliphatic heterocycles. The number of alkyl carbamates (subject to hydrolysis) is 2. The van der Waals surface area contributed by atoms with Crippen molar-refractivity contribution in [3.8, 4) is 28.0 Å². The van der Waals surface area contributed by atoms with Crippen LogP contribution in [0.2, 0.25) is 0 Å². The zero-order valence-corrected chi connectivity index (χ0v) is 38.6. The van der Waals surface area contributed by atoms with Crippen molar-refractivity contribution in [2.24, 2.45) is 11.8 Å². The second kappa shape index (κ2) is 18.3. The Labute approximate surface area is 392 Å². The largest absolute Gasteiger partial charge is 0.488 e. The van der Waals surface area contributed by atoms with Gasteiger partial charge in [-0.2, -0.15) is 0 Å². The number of H-pyrrole nitrogens is 2. The second-order valence-electron chi connectivity index (χ2n) is 18.3. The summed E-state index contributed by atoms with van der Waals surface area (Å²) < 4.78 is 21.8. The number of aromatic nitrogens is 4. The first-order chi connectivity index (χ1) is 33.0. The van der Waals surface area contributed by atoms with Crippen LogP contribution in [-0.4, -0.2) is 101 Å². The van der Waals surface area contributed by atoms with E-state index < -0.39 is 30.3 Å². The molecule has 5 aromatic carbocycles. The van der Waals surface area contributed by atoms with Gasteiger partial charge in [0.25, 0.3) is 5.91 Å². The van der Waals surface area contributed by atoms with Crippen LogP contribution in [0.1, 0.15) is 74.0 Å². The summed E-state index contributed by atoms with van der Waals surface area (Å²) in [6.45, 7) is 5.68. The van der Waals surface area contributed by atoms with E-state index in [1.807, 2.05) is 61.2 Å². The molecule has 0 bridgehead atoms. The summed E-state index contributed by atoms with van der Waals surface area (Å²) in [5, 5.41) is 7.44. The van der Waals surface area contributed by atoms with Gasteiger partial charge in [0, 0.05) is 37.1 Å². The molecule has 7 aromatic rings. The first kappa shape index (κ1) is 44.4. The number of aromatic amines is 2. The van der Waals surface area contributed by atoms with E-state index in [1.165, 1.54) is 14.2 Å². The van der Waals surface area contributed by atoms with Crippen LogP contribution in [0.15, 0.2) is 91.0 Å². The van der Waals surface area contributed by atoms with Crippen molar-refractivity contribution in [2.45, 2.75) is 63.9 Å². The SMILES string of the molecule is COC[C@H]1C[C@@H](c2nc3ccc4cc5c(cc4c3[nH]2)OCc2cc(-c3ccc4nc(C6CCCN6C(=O)C(NC(=O)OC)C(C)C)[nH]c4c3)ccc2-5)N(C(=O)[C@H](NC(=O)OC)c2ccccc2)C1. The highest BCUT2D eigenvalue weighted by Crippen LogP contribution is 2.44. The van der Waals surface area contributed by atoms with Gasteiger partial charge in [-0.1, -0.05) is 68.4 Å². The fourth-order valence-corrected chi connectivity index (χ4v) is 10.3. The number of benzene rings is 5. The van der Waals surface area contributed by atoms with Crippen LogP contribution >= 0.6 is 0 Å². The lowest BCUT2D eigenvalue weighted by Crippen LogP contribution is -2.51. The number of carbonyl (C=O) groups excluding carboxylic acids is 4. The first-order valence-corrected chi connectivity index (χ1v) is 23.1. The fraction of sp³-hybridized carbons (Fsp3) is 0.346. The molecule has 2 saturated heterocycles. The Kier molecular flexibility index (Phi) is 12.0. The van der Waals surface area contributed by atoms with Gasteiger partial charge in [-0.25, -0.2) is 19.6 Å². The van der Waals surface area contributed by atoms with Gasteiger partial charge >= 0.3 is 12.2 Å². The molecule has 16 nitrogen and oxygen atoms in total. The Balaban J connectivity index is 0.912. The summed E-state index contributed by atoms with van der Waals surface area (Å²) in [7, 11) is 4.23. The molecule has 10 rings (SSSR count). The number of nitrogens with zero attached hydrogens (tertiary/aromatic N) is 4. The van der Waals surface area contributed by atoms with Gasteiger partial charge in [-0.15, -0.1) is 0 Å². The monoisotopic (exact) mass is 918 g/mol. The second-order valence-corrected chi connectivity index (χ2v) is 18.3. The minimum absolute atomic E-state index is 0.0603. The van der Waals surface area contributed by atoms with Gasteiger partial charge in [0.05, 0.1) is 55.0 Å². The number of amides is 4. The van der Waals surface area contributed by atoms with Gasteiger partial charge in [0.2, 0.25) is 5.91 Å². The molecule has 0 spiro atoms. The van der Waals surface area contributed by atoms with Crippen molar-refractivity contribution >= 4 is 56.8 Å². The predicted molar refractivity (Wildman–Crippen MR) is 255 cm³/mol. The normalized spacial score (nSPS) is 18.6. The number of likely N-dealkylation sites (tertiary alicyclic amines) is 2. The lowest BCUT2D eigenvalue weighted by molar-refractivity contribution is -0.136. The third kappa shape index (κ3) is 8.22. The van der Waals surface area contributed by atoms with Crippen LogP contribution in [0.3, 0.4) is 0 Å². The van der Waals surface area contributed by atoms with E-state index in [0.29, 0.717) is 44.1 Å². The highest BCUT2D eigenvalue weighted by atomic mass is 16.5. The first-order valence-electron chi connectivity index (χ1n) is 23.1. The number of ether oxygens (including phenoxy) is 4. The molecular formula is C52H54N8O8. The number of rotatable bonds is 11. The molecule has 4 amide bonds. The number of hydrogen-bond acceptors (Lipinski definition) is 10. The van der Waals surface area contributed by atoms with E-state index in [4.69, 9.17) is 28.9 Å². The molecule has 0 saturated carbocycles. The Bertz CT molecular complexity index is 3080. The zero-order chi connectivity index (χ0) is 47.2. The molecule has 4 N–H and O–H groups in total. The van der Waals surface area contributed by atoms with Crippen molar-refractivity contribution in [1.29, 1.82) is 0 Å². The molecule has 5 atom stereocenters. The van der Waals surface area contributed by atoms with E-state index in [0.717, 1.165) is 85.1 Å². The van der Waals surface area contributed by atoms with Gasteiger partial charge in [0.15, 0.2) is 0 Å². The molecule has 0 radical (unpaired) electrons. The Hall–Kier alpha value is -7.46. The van der Waals surface area contributed by atoms with Crippen molar-refractivity contribution in [2.75, 3.05) is 41.0 Å². The van der Waals surface area contributed by atoms with E-state index in [2.05, 4.69) is 69.1 Å². The van der Waals surface area contributed by atoms with Gasteiger partial charge in [-0.3, -0.25) is 9.59 Å². The molecule has 5 heterocycles. The van der Waals surface area contributed by atoms with Crippen LogP contribution in [0, 0.1) is 11.8 Å². The molecule has 3 aliphatic rings. The average Bonchev–Trinajstić information content (AvgIpc) is 4.19. The van der Waals surface area contributed by atoms with Crippen molar-refractivity contribution in [3.63, 3.8) is 0 Å². The van der Waals surface area contributed by atoms with Crippen LogP contribution in [0.25, 0.3) is 55.1 Å². The minimum atomic E-state index is -0.954. The van der Waals surface area contributed by atoms with Gasteiger partial charge < -0.3 is 49.3 Å². The predicted octanol–water partition coefficient (Wildman–Crippen LogP) is 8.50. The van der Waals surface area contributed by atoms with Gasteiger partial charge in [0.1, 0.15) is 36.1 Å². The van der Waals surface area contributed by atoms with Crippen LogP contribution in [0.5, 0.6) is 5.75 Å². The third-order valence-electron chi connectivity index (χ3n) is 13.7. The van der Waals surface area contributed by atoms with E-state index >= 15 is 0 Å². The number of nitrogens with one attached hydrogen (secondary N) is 4. The molecule has 350 valence electrons. The smallest absolute Gasteiger partial charge is 0.407 e. The highest BCUT2D eigenvalue weighted by molar-refractivity contribution is 6.07. The summed E-state index contributed by atoms with van der Waals surface area (Å²) in [5.41, 5.74) is 9.16. The average molecular weight is 919 g/mol. The van der Waals surface area contributed by atoms with Crippen LogP contribution < -0.4 is 15.4 Å². The van der Waals surface area contributed by atoms with E-state index in [9.17, 15) is 19.2 Å². The van der Waals surface area contributed by atoms with Crippen LogP contribution in [0.4, 0.5) is 9.59 Å². The molecule has 68 heavy (non-hydrogen) atoms. The maximum atomic E-state index is 14.4. The molecule has 2 aromatic heterocycles. The number of imidazole rings is 2. The van der Waals surface area contributed by atoms with E-state index in [-0.39, 0.29) is 29.7 Å². The molecule has 16 heteroatoms. The topological polar surface area (TPSA) is 193 Å². The summed E-state index contributed by atoms with van der Waals surface area (Å²) >= 11 is 0. The number of methoxy groups -OCH3 is 3. The number of fused-ring (bicyclic) bond motifs is 7. The van der Waals surface area contributed by atoms with Crippen LogP contribution in [-0.2, 0) is 30.4 Å². The number of hydrogen-bond donors (Lipinski definition) is 4. The lowest BCUT2D eigenvalue weighted by Gasteiger charge is -2.29. The highest BCUT2D eigenvalue weighted by Gasteiger charge is 2.42. The Morgan fingerprint density at radius 3 is 2.29 bits per heavy atom. The summed E-state index contributed by atoms with van der Waals surface area (Å²) in [4.78, 5) is 73.5. The van der Waals surface area contributed by atoms with Gasteiger partial charge in [-0.05, 0) is 94.8 Å². The van der Waals surface area contributed by atoms with Crippen molar-refractivity contribution in [1.82, 2.24) is 40.4 Å². The Morgan fingerprint density at radius 2 is 1.51 bits per heavy atom. The third-order valence-corrected chi connectivity index (χ3v) is 13.7. The minimum Gasteiger partial charge on any atom is -0.488 e. The standard InChI is InChI=1S/C52H54N8O8/c1-28(2)44(57-51(63)66-4)49(61)59-19-9-12-41(59)47-53-38-17-14-32(23-40(38)55-47)31-13-16-35-34(21-31)27-68-43-24-36-33(22-37(35)43)15-18-39-46(36)56-48(54-39)42-20-29(26-65-3)25-60(42)50(62)45(58-52(64)67-5)30-10-7-6-8-11-30/h6-8,10-11,13-18,21-24,28-29,41-42,44-45H,9,12,19-20,25-27H2,1-5H3,(H,53,55)(H,54,56)(H,57,63)(H,58,64)/t29-,41?,42-,44?,45+/m0/s1. The molecule has 2 unspecified atom stereocenters. The fourth-order valence-electron chi connectivity index (χ4n) is 10.3. The summed E-state index contributed by atoms with van der Waals surface area (Å²) in [5.74, 6) is 1.68.